The normalized spacial score (nSPS) is 26.4. The van der Waals surface area contributed by atoms with E-state index in [1.807, 2.05) is 31.2 Å². The van der Waals surface area contributed by atoms with E-state index in [0.717, 1.165) is 43.7 Å². The summed E-state index contributed by atoms with van der Waals surface area (Å²) < 4.78 is 0. The Bertz CT molecular complexity index is 584. The fourth-order valence-corrected chi connectivity index (χ4v) is 3.83. The van der Waals surface area contributed by atoms with Crippen LogP contribution < -0.4 is 16.0 Å². The predicted octanol–water partition coefficient (Wildman–Crippen LogP) is 2.75. The largest absolute Gasteiger partial charge is 0.326 e. The van der Waals surface area contributed by atoms with Gasteiger partial charge in [0.2, 0.25) is 11.8 Å². The number of nitrogens with one attached hydrogen (secondary N) is 3. The summed E-state index contributed by atoms with van der Waals surface area (Å²) in [6, 6.07) is 7.35. The van der Waals surface area contributed by atoms with E-state index in [1.54, 1.807) is 0 Å². The second-order valence-electron chi connectivity index (χ2n) is 6.66. The lowest BCUT2D eigenvalue weighted by Crippen LogP contribution is -2.44. The third-order valence-electron chi connectivity index (χ3n) is 5.24. The highest BCUT2D eigenvalue weighted by Gasteiger charge is 2.49. The number of fused-ring (bicyclic) bond motifs is 1. The fraction of sp³-hybridized carbons (Fsp3) is 0.556. The van der Waals surface area contributed by atoms with Crippen LogP contribution in [0.5, 0.6) is 0 Å². The van der Waals surface area contributed by atoms with E-state index in [9.17, 15) is 9.59 Å². The van der Waals surface area contributed by atoms with Crippen LogP contribution in [0.1, 0.15) is 39.0 Å². The van der Waals surface area contributed by atoms with E-state index < -0.39 is 0 Å². The summed E-state index contributed by atoms with van der Waals surface area (Å²) in [5, 5.41) is 9.29. The molecule has 1 aliphatic carbocycles. The molecule has 3 N–H and O–H groups in total. The van der Waals surface area contributed by atoms with Gasteiger partial charge in [0, 0.05) is 24.3 Å². The number of anilines is 2. The highest BCUT2D eigenvalue weighted by Crippen LogP contribution is 2.44. The summed E-state index contributed by atoms with van der Waals surface area (Å²) >= 11 is 0. The topological polar surface area (TPSA) is 70.2 Å². The molecule has 2 fully saturated rings. The molecule has 1 heterocycles. The van der Waals surface area contributed by atoms with Gasteiger partial charge in [0.25, 0.3) is 0 Å². The molecule has 1 saturated heterocycles. The number of hydrogen-bond donors (Lipinski definition) is 3. The predicted molar refractivity (Wildman–Crippen MR) is 91.3 cm³/mol. The van der Waals surface area contributed by atoms with Crippen LogP contribution in [0, 0.1) is 11.3 Å². The van der Waals surface area contributed by atoms with E-state index in [4.69, 9.17) is 0 Å². The van der Waals surface area contributed by atoms with Crippen molar-refractivity contribution in [1.82, 2.24) is 5.32 Å². The molecule has 0 bridgehead atoms. The summed E-state index contributed by atoms with van der Waals surface area (Å²) in [4.78, 5) is 24.2. The van der Waals surface area contributed by atoms with Gasteiger partial charge in [-0.2, -0.15) is 0 Å². The Morgan fingerprint density at radius 3 is 2.57 bits per heavy atom. The lowest BCUT2D eigenvalue weighted by atomic mass is 9.67. The second-order valence-corrected chi connectivity index (χ2v) is 6.66. The van der Waals surface area contributed by atoms with Crippen molar-refractivity contribution in [2.75, 3.05) is 23.7 Å². The summed E-state index contributed by atoms with van der Waals surface area (Å²) in [7, 11) is 0. The van der Waals surface area contributed by atoms with Crippen LogP contribution >= 0.6 is 0 Å². The first-order valence-electron chi connectivity index (χ1n) is 8.56. The van der Waals surface area contributed by atoms with Crippen molar-refractivity contribution >= 4 is 23.2 Å². The van der Waals surface area contributed by atoms with Gasteiger partial charge in [-0.15, -0.1) is 0 Å². The summed E-state index contributed by atoms with van der Waals surface area (Å²) in [6.45, 7) is 3.56. The van der Waals surface area contributed by atoms with Gasteiger partial charge in [-0.25, -0.2) is 0 Å². The summed E-state index contributed by atoms with van der Waals surface area (Å²) in [6.07, 6.45) is 4.93. The molecule has 23 heavy (non-hydrogen) atoms. The molecule has 1 aliphatic heterocycles. The zero-order chi connectivity index (χ0) is 16.3. The summed E-state index contributed by atoms with van der Waals surface area (Å²) in [5.74, 6) is 0.583. The first-order valence-corrected chi connectivity index (χ1v) is 8.56. The lowest BCUT2D eigenvalue weighted by Gasteiger charge is -2.37. The van der Waals surface area contributed by atoms with Crippen LogP contribution in [0.4, 0.5) is 11.4 Å². The maximum absolute atomic E-state index is 12.9. The van der Waals surface area contributed by atoms with Crippen molar-refractivity contribution in [3.05, 3.63) is 24.3 Å². The molecule has 2 atom stereocenters. The van der Waals surface area contributed by atoms with Crippen molar-refractivity contribution in [3.63, 3.8) is 0 Å². The molecule has 3 rings (SSSR count). The van der Waals surface area contributed by atoms with Gasteiger partial charge in [-0.1, -0.05) is 19.8 Å². The highest BCUT2D eigenvalue weighted by molar-refractivity contribution is 5.96. The maximum atomic E-state index is 12.9. The molecule has 124 valence electrons. The van der Waals surface area contributed by atoms with Crippen LogP contribution in [-0.2, 0) is 9.59 Å². The van der Waals surface area contributed by atoms with Gasteiger partial charge >= 0.3 is 0 Å². The molecule has 0 spiro atoms. The Morgan fingerprint density at radius 2 is 1.87 bits per heavy atom. The second kappa shape index (κ2) is 6.71. The number of hydrogen-bond acceptors (Lipinski definition) is 3. The van der Waals surface area contributed by atoms with Crippen LogP contribution in [0.2, 0.25) is 0 Å². The minimum atomic E-state index is -0.243. The van der Waals surface area contributed by atoms with E-state index >= 15 is 0 Å². The SMILES string of the molecule is CCC(=O)Nc1ccc(NC(=O)[C@@]23CCCC[C@H]2CNC3)cc1. The molecule has 2 aliphatic rings. The van der Waals surface area contributed by atoms with Crippen molar-refractivity contribution < 1.29 is 9.59 Å². The monoisotopic (exact) mass is 315 g/mol. The van der Waals surface area contributed by atoms with Gasteiger partial charge < -0.3 is 16.0 Å². The minimum Gasteiger partial charge on any atom is -0.326 e. The number of carbonyl (C=O) groups is 2. The van der Waals surface area contributed by atoms with Gasteiger partial charge in [0.1, 0.15) is 0 Å². The van der Waals surface area contributed by atoms with E-state index in [0.29, 0.717) is 12.3 Å². The van der Waals surface area contributed by atoms with Crippen LogP contribution in [0.3, 0.4) is 0 Å². The molecule has 1 aromatic carbocycles. The molecule has 5 heteroatoms. The highest BCUT2D eigenvalue weighted by atomic mass is 16.2. The average Bonchev–Trinajstić information content (AvgIpc) is 3.01. The smallest absolute Gasteiger partial charge is 0.232 e. The maximum Gasteiger partial charge on any atom is 0.232 e. The van der Waals surface area contributed by atoms with Gasteiger partial charge in [-0.05, 0) is 49.6 Å². The van der Waals surface area contributed by atoms with Crippen LogP contribution in [0.15, 0.2) is 24.3 Å². The van der Waals surface area contributed by atoms with Crippen LogP contribution in [-0.4, -0.2) is 24.9 Å². The fourth-order valence-electron chi connectivity index (χ4n) is 3.83. The van der Waals surface area contributed by atoms with Gasteiger partial charge in [0.05, 0.1) is 5.41 Å². The molecule has 1 saturated carbocycles. The minimum absolute atomic E-state index is 0.0113. The quantitative estimate of drug-likeness (QED) is 0.800. The number of rotatable bonds is 4. The average molecular weight is 315 g/mol. The Balaban J connectivity index is 1.67. The number of carbonyl (C=O) groups excluding carboxylic acids is 2. The van der Waals surface area contributed by atoms with E-state index in [-0.39, 0.29) is 17.2 Å². The number of amides is 2. The zero-order valence-corrected chi connectivity index (χ0v) is 13.7. The van der Waals surface area contributed by atoms with Crippen molar-refractivity contribution in [3.8, 4) is 0 Å². The molecule has 0 radical (unpaired) electrons. The standard InChI is InChI=1S/C18H25N3O2/c1-2-16(22)20-14-6-8-15(9-7-14)21-17(23)18-10-4-3-5-13(18)11-19-12-18/h6-9,13,19H,2-5,10-12H2,1H3,(H,20,22)(H,21,23)/t13-,18+/m0/s1. The van der Waals surface area contributed by atoms with E-state index in [2.05, 4.69) is 16.0 Å². The number of benzene rings is 1. The summed E-state index contributed by atoms with van der Waals surface area (Å²) in [5.41, 5.74) is 1.30. The van der Waals surface area contributed by atoms with Crippen molar-refractivity contribution in [2.45, 2.75) is 39.0 Å². The third-order valence-corrected chi connectivity index (χ3v) is 5.24. The Morgan fingerprint density at radius 1 is 1.17 bits per heavy atom. The van der Waals surface area contributed by atoms with Gasteiger partial charge in [0.15, 0.2) is 0 Å². The van der Waals surface area contributed by atoms with Crippen LogP contribution in [0.25, 0.3) is 0 Å². The Labute approximate surface area is 137 Å². The molecule has 1 aromatic rings. The Kier molecular flexibility index (Phi) is 4.66. The first-order chi connectivity index (χ1) is 11.1. The zero-order valence-electron chi connectivity index (χ0n) is 13.7. The molecule has 5 nitrogen and oxygen atoms in total. The lowest BCUT2D eigenvalue weighted by molar-refractivity contribution is -0.128. The van der Waals surface area contributed by atoms with E-state index in [1.165, 1.54) is 6.42 Å². The molecule has 0 aromatic heterocycles. The van der Waals surface area contributed by atoms with Crippen molar-refractivity contribution in [1.29, 1.82) is 0 Å². The molecule has 2 amide bonds. The molecular formula is C18H25N3O2. The molecule has 0 unspecified atom stereocenters. The third kappa shape index (κ3) is 3.24. The Hall–Kier alpha value is -1.88. The van der Waals surface area contributed by atoms with Gasteiger partial charge in [-0.3, -0.25) is 9.59 Å². The first kappa shape index (κ1) is 16.0. The van der Waals surface area contributed by atoms with Crippen molar-refractivity contribution in [2.24, 2.45) is 11.3 Å². The molecular weight excluding hydrogens is 290 g/mol.